The minimum Gasteiger partial charge on any atom is -0.398 e. The van der Waals surface area contributed by atoms with Crippen molar-refractivity contribution < 1.29 is 5.11 Å². The highest BCUT2D eigenvalue weighted by molar-refractivity contribution is 6.01. The van der Waals surface area contributed by atoms with Crippen LogP contribution in [0.3, 0.4) is 0 Å². The fraction of sp³-hybridized carbons (Fsp3) is 0.400. The number of aliphatic hydroxyl groups excluding tert-OH is 1. The van der Waals surface area contributed by atoms with Crippen LogP contribution in [0.5, 0.6) is 0 Å². The van der Waals surface area contributed by atoms with Gasteiger partial charge in [0.1, 0.15) is 0 Å². The summed E-state index contributed by atoms with van der Waals surface area (Å²) in [6.07, 6.45) is 3.52. The van der Waals surface area contributed by atoms with Crippen LogP contribution < -0.4 is 10.6 Å². The van der Waals surface area contributed by atoms with E-state index in [1.807, 2.05) is 19.2 Å². The first-order valence-corrected chi connectivity index (χ1v) is 6.73. The van der Waals surface area contributed by atoms with Gasteiger partial charge < -0.3 is 15.7 Å². The van der Waals surface area contributed by atoms with Gasteiger partial charge in [0.05, 0.1) is 6.10 Å². The van der Waals surface area contributed by atoms with E-state index in [4.69, 9.17) is 5.73 Å². The highest BCUT2D eigenvalue weighted by Crippen LogP contribution is 2.32. The Kier molecular flexibility index (Phi) is 3.03. The van der Waals surface area contributed by atoms with Crippen LogP contribution in [0.15, 0.2) is 24.4 Å². The van der Waals surface area contributed by atoms with Crippen LogP contribution in [-0.4, -0.2) is 29.3 Å². The van der Waals surface area contributed by atoms with Crippen LogP contribution in [0.25, 0.3) is 10.8 Å². The van der Waals surface area contributed by atoms with E-state index in [1.54, 1.807) is 0 Å². The van der Waals surface area contributed by atoms with E-state index in [1.165, 1.54) is 0 Å². The summed E-state index contributed by atoms with van der Waals surface area (Å²) in [7, 11) is 0. The molecule has 100 valence electrons. The van der Waals surface area contributed by atoms with Crippen molar-refractivity contribution in [3.05, 3.63) is 30.1 Å². The van der Waals surface area contributed by atoms with Crippen LogP contribution in [0.4, 0.5) is 11.4 Å². The normalized spacial score (nSPS) is 19.9. The number of piperidine rings is 1. The Morgan fingerprint density at radius 2 is 2.21 bits per heavy atom. The molecule has 1 aliphatic rings. The van der Waals surface area contributed by atoms with Crippen molar-refractivity contribution in [1.29, 1.82) is 0 Å². The summed E-state index contributed by atoms with van der Waals surface area (Å²) in [5.41, 5.74) is 8.91. The number of anilines is 2. The number of β-amino-alcohol motifs (C(OH)–C–C–N with tert-alkyl or cyclic N) is 1. The molecule has 1 aromatic carbocycles. The van der Waals surface area contributed by atoms with Gasteiger partial charge in [0.15, 0.2) is 0 Å². The fourth-order valence-electron chi connectivity index (χ4n) is 2.80. The molecule has 1 fully saturated rings. The Morgan fingerprint density at radius 3 is 3.00 bits per heavy atom. The van der Waals surface area contributed by atoms with Crippen LogP contribution in [0.1, 0.15) is 18.5 Å². The maximum absolute atomic E-state index is 9.84. The SMILES string of the molecule is Cc1cc2c(N3CCCC(O)C3)ccc(N)c2cn1. The topological polar surface area (TPSA) is 62.4 Å². The van der Waals surface area contributed by atoms with Gasteiger partial charge in [-0.15, -0.1) is 0 Å². The summed E-state index contributed by atoms with van der Waals surface area (Å²) in [6.45, 7) is 3.66. The Hall–Kier alpha value is -1.81. The standard InChI is InChI=1S/C15H19N3O/c1-10-7-12-13(8-17-10)14(16)4-5-15(12)18-6-2-3-11(19)9-18/h4-5,7-8,11,19H,2-3,6,9,16H2,1H3. The zero-order valence-corrected chi connectivity index (χ0v) is 11.1. The molecule has 0 aliphatic carbocycles. The predicted molar refractivity (Wildman–Crippen MR) is 78.3 cm³/mol. The highest BCUT2D eigenvalue weighted by atomic mass is 16.3. The molecule has 0 spiro atoms. The average molecular weight is 257 g/mol. The number of hydrogen-bond acceptors (Lipinski definition) is 4. The van der Waals surface area contributed by atoms with Crippen molar-refractivity contribution in [1.82, 2.24) is 4.98 Å². The predicted octanol–water partition coefficient (Wildman–Crippen LogP) is 2.09. The highest BCUT2D eigenvalue weighted by Gasteiger charge is 2.20. The molecule has 3 rings (SSSR count). The first kappa shape index (κ1) is 12.2. The van der Waals surface area contributed by atoms with Crippen LogP contribution >= 0.6 is 0 Å². The Labute approximate surface area is 112 Å². The molecule has 0 bridgehead atoms. The molecule has 3 N–H and O–H groups in total. The number of rotatable bonds is 1. The van der Waals surface area contributed by atoms with E-state index in [0.717, 1.165) is 47.2 Å². The molecule has 1 aromatic heterocycles. The summed E-state index contributed by atoms with van der Waals surface area (Å²) in [4.78, 5) is 6.57. The van der Waals surface area contributed by atoms with Gasteiger partial charge in [-0.1, -0.05) is 0 Å². The number of fused-ring (bicyclic) bond motifs is 1. The lowest BCUT2D eigenvalue weighted by Gasteiger charge is -2.33. The molecule has 1 atom stereocenters. The summed E-state index contributed by atoms with van der Waals surface area (Å²) < 4.78 is 0. The second-order valence-electron chi connectivity index (χ2n) is 5.29. The largest absolute Gasteiger partial charge is 0.398 e. The van der Waals surface area contributed by atoms with E-state index in [9.17, 15) is 5.11 Å². The molecule has 0 amide bonds. The van der Waals surface area contributed by atoms with Gasteiger partial charge >= 0.3 is 0 Å². The lowest BCUT2D eigenvalue weighted by molar-refractivity contribution is 0.154. The number of nitrogens with zero attached hydrogens (tertiary/aromatic N) is 2. The zero-order chi connectivity index (χ0) is 13.4. The van der Waals surface area contributed by atoms with E-state index < -0.39 is 0 Å². The third-order valence-corrected chi connectivity index (χ3v) is 3.79. The van der Waals surface area contributed by atoms with Crippen molar-refractivity contribution in [2.24, 2.45) is 0 Å². The second kappa shape index (κ2) is 4.70. The number of aromatic nitrogens is 1. The third kappa shape index (κ3) is 2.24. The first-order valence-electron chi connectivity index (χ1n) is 6.73. The van der Waals surface area contributed by atoms with Crippen molar-refractivity contribution in [2.45, 2.75) is 25.9 Å². The van der Waals surface area contributed by atoms with Gasteiger partial charge in [-0.05, 0) is 38.0 Å². The van der Waals surface area contributed by atoms with E-state index >= 15 is 0 Å². The Balaban J connectivity index is 2.12. The summed E-state index contributed by atoms with van der Waals surface area (Å²) in [5.74, 6) is 0. The van der Waals surface area contributed by atoms with Crippen molar-refractivity contribution in [2.75, 3.05) is 23.7 Å². The van der Waals surface area contributed by atoms with Gasteiger partial charge in [0.25, 0.3) is 0 Å². The first-order chi connectivity index (χ1) is 9.15. The lowest BCUT2D eigenvalue weighted by atomic mass is 10.0. The van der Waals surface area contributed by atoms with E-state index in [2.05, 4.69) is 22.0 Å². The van der Waals surface area contributed by atoms with Crippen LogP contribution in [-0.2, 0) is 0 Å². The number of hydrogen-bond donors (Lipinski definition) is 2. The molecule has 4 heteroatoms. The smallest absolute Gasteiger partial charge is 0.0715 e. The van der Waals surface area contributed by atoms with Gasteiger partial charge in [-0.3, -0.25) is 4.98 Å². The molecule has 4 nitrogen and oxygen atoms in total. The summed E-state index contributed by atoms with van der Waals surface area (Å²) >= 11 is 0. The fourth-order valence-corrected chi connectivity index (χ4v) is 2.80. The van der Waals surface area contributed by atoms with E-state index in [-0.39, 0.29) is 6.10 Å². The number of aryl methyl sites for hydroxylation is 1. The van der Waals surface area contributed by atoms with Crippen molar-refractivity contribution in [3.8, 4) is 0 Å². The average Bonchev–Trinajstić information content (AvgIpc) is 2.39. The van der Waals surface area contributed by atoms with Crippen LogP contribution in [0.2, 0.25) is 0 Å². The molecule has 1 unspecified atom stereocenters. The molecular formula is C15H19N3O. The van der Waals surface area contributed by atoms with Gasteiger partial charge in [0, 0.05) is 47.1 Å². The lowest BCUT2D eigenvalue weighted by Crippen LogP contribution is -2.38. The monoisotopic (exact) mass is 257 g/mol. The van der Waals surface area contributed by atoms with Crippen molar-refractivity contribution >= 4 is 22.1 Å². The molecule has 1 aliphatic heterocycles. The zero-order valence-electron chi connectivity index (χ0n) is 11.1. The quantitative estimate of drug-likeness (QED) is 0.768. The number of aliphatic hydroxyl groups is 1. The summed E-state index contributed by atoms with van der Waals surface area (Å²) in [5, 5.41) is 12.0. The Bertz CT molecular complexity index is 612. The molecule has 2 aromatic rings. The van der Waals surface area contributed by atoms with Gasteiger partial charge in [0.2, 0.25) is 0 Å². The molecule has 0 saturated carbocycles. The van der Waals surface area contributed by atoms with Gasteiger partial charge in [-0.25, -0.2) is 0 Å². The number of nitrogen functional groups attached to an aromatic ring is 1. The molecular weight excluding hydrogens is 238 g/mol. The third-order valence-electron chi connectivity index (χ3n) is 3.79. The number of nitrogens with two attached hydrogens (primary N) is 1. The molecule has 2 heterocycles. The second-order valence-corrected chi connectivity index (χ2v) is 5.29. The number of pyridine rings is 1. The minimum absolute atomic E-state index is 0.232. The maximum Gasteiger partial charge on any atom is 0.0715 e. The molecule has 1 saturated heterocycles. The Morgan fingerprint density at radius 1 is 1.37 bits per heavy atom. The minimum atomic E-state index is -0.232. The maximum atomic E-state index is 9.84. The van der Waals surface area contributed by atoms with Crippen LogP contribution in [0, 0.1) is 6.92 Å². The number of benzene rings is 1. The van der Waals surface area contributed by atoms with Gasteiger partial charge in [-0.2, -0.15) is 0 Å². The molecule has 0 radical (unpaired) electrons. The van der Waals surface area contributed by atoms with Crippen molar-refractivity contribution in [3.63, 3.8) is 0 Å². The summed E-state index contributed by atoms with van der Waals surface area (Å²) in [6, 6.07) is 6.05. The van der Waals surface area contributed by atoms with E-state index in [0.29, 0.717) is 6.54 Å². The molecule has 19 heavy (non-hydrogen) atoms.